The van der Waals surface area contributed by atoms with Gasteiger partial charge in [0.2, 0.25) is 0 Å². The van der Waals surface area contributed by atoms with Crippen molar-refractivity contribution >= 4 is 44.2 Å². The van der Waals surface area contributed by atoms with E-state index in [2.05, 4.69) is 62.8 Å². The minimum Gasteiger partial charge on any atom is -0.387 e. The van der Waals surface area contributed by atoms with Gasteiger partial charge in [-0.05, 0) is 147 Å². The molecule has 316 valence electrons. The zero-order chi connectivity index (χ0) is 41.9. The summed E-state index contributed by atoms with van der Waals surface area (Å²) in [5.74, 6) is 0.929. The number of halogens is 2. The van der Waals surface area contributed by atoms with Crippen LogP contribution in [0, 0.1) is 23.5 Å². The van der Waals surface area contributed by atoms with Crippen LogP contribution in [-0.4, -0.2) is 65.1 Å². The Hall–Kier alpha value is -5.98. The van der Waals surface area contributed by atoms with Crippen molar-refractivity contribution in [3.63, 3.8) is 0 Å². The van der Waals surface area contributed by atoms with Gasteiger partial charge in [0.1, 0.15) is 22.7 Å². The molecule has 62 heavy (non-hydrogen) atoms. The summed E-state index contributed by atoms with van der Waals surface area (Å²) in [5, 5.41) is 24.6. The summed E-state index contributed by atoms with van der Waals surface area (Å²) in [5.41, 5.74) is 9.53. The summed E-state index contributed by atoms with van der Waals surface area (Å²) in [4.78, 5) is 21.7. The first-order valence-electron chi connectivity index (χ1n) is 22.2. The number of benzene rings is 2. The lowest BCUT2D eigenvalue weighted by atomic mass is 9.86. The highest BCUT2D eigenvalue weighted by Crippen LogP contribution is 2.47. The van der Waals surface area contributed by atoms with Crippen molar-refractivity contribution < 1.29 is 19.0 Å². The van der Waals surface area contributed by atoms with E-state index in [0.717, 1.165) is 96.4 Å². The maximum Gasteiger partial charge on any atom is 0.149 e. The third kappa shape index (κ3) is 7.12. The fourth-order valence-corrected chi connectivity index (χ4v) is 10.3. The average Bonchev–Trinajstić information content (AvgIpc) is 4.25. The molecule has 12 rings (SSSR count). The minimum atomic E-state index is -0.512. The number of fused-ring (bicyclic) bond motifs is 4. The standard InChI is InChI=1S/2C25H25FN4O/c2*26-21-7-8-22(20-2-1-11-28-23(20)21)29-12-9-17(10-13-29)25(31)24-19(16-3-4-16)6-5-18-14-27-15-30(18)24/h2*1-2,5-8,11,14-17,25,31H,3-4,9-10,12-13H2/t2*25-/m10/s1. The monoisotopic (exact) mass is 832 g/mol. The Bertz CT molecular complexity index is 2710. The van der Waals surface area contributed by atoms with Crippen molar-refractivity contribution in [2.75, 3.05) is 36.0 Å². The van der Waals surface area contributed by atoms with Crippen LogP contribution in [0.5, 0.6) is 0 Å². The van der Waals surface area contributed by atoms with Crippen molar-refractivity contribution in [2.45, 2.75) is 75.4 Å². The number of anilines is 2. The SMILES string of the molecule is O[C@@H](c1c(C2CC2)ccc2cncn12)C1CCN(c2ccc(F)c3ncccc23)CC1.O[C@H](c1c(C2CC2)ccc2cncn12)C1CCN(c2ccc(F)c3ncccc23)CC1. The number of aliphatic hydroxyl groups is 2. The van der Waals surface area contributed by atoms with Crippen LogP contribution in [0.4, 0.5) is 20.2 Å². The molecule has 4 aliphatic rings. The zero-order valence-electron chi connectivity index (χ0n) is 34.6. The number of aliphatic hydroxyl groups excluding tert-OH is 2. The van der Waals surface area contributed by atoms with E-state index < -0.39 is 12.2 Å². The third-order valence-corrected chi connectivity index (χ3v) is 14.0. The molecule has 0 spiro atoms. The van der Waals surface area contributed by atoms with E-state index in [0.29, 0.717) is 22.9 Å². The molecule has 10 nitrogen and oxygen atoms in total. The van der Waals surface area contributed by atoms with Crippen molar-refractivity contribution in [2.24, 2.45) is 11.8 Å². The number of pyridine rings is 4. The first-order chi connectivity index (χ1) is 30.4. The maximum absolute atomic E-state index is 14.2. The maximum atomic E-state index is 14.2. The molecule has 6 aromatic heterocycles. The first kappa shape index (κ1) is 38.9. The second kappa shape index (κ2) is 16.0. The molecule has 2 aliphatic carbocycles. The molecule has 8 aromatic rings. The van der Waals surface area contributed by atoms with Gasteiger partial charge in [-0.25, -0.2) is 18.7 Å². The van der Waals surface area contributed by atoms with Gasteiger partial charge < -0.3 is 28.8 Å². The van der Waals surface area contributed by atoms with Crippen LogP contribution >= 0.6 is 0 Å². The predicted octanol–water partition coefficient (Wildman–Crippen LogP) is 9.70. The molecule has 4 fully saturated rings. The van der Waals surface area contributed by atoms with Crippen molar-refractivity contribution in [1.82, 2.24) is 28.7 Å². The van der Waals surface area contributed by atoms with Gasteiger partial charge in [0, 0.05) is 60.7 Å². The number of nitrogens with zero attached hydrogens (tertiary/aromatic N) is 8. The highest BCUT2D eigenvalue weighted by atomic mass is 19.1. The Morgan fingerprint density at radius 1 is 0.516 bits per heavy atom. The molecule has 0 amide bonds. The van der Waals surface area contributed by atoms with Crippen LogP contribution in [0.3, 0.4) is 0 Å². The van der Waals surface area contributed by atoms with Crippen LogP contribution in [0.25, 0.3) is 32.8 Å². The van der Waals surface area contributed by atoms with Crippen LogP contribution in [0.2, 0.25) is 0 Å². The second-order valence-corrected chi connectivity index (χ2v) is 17.7. The molecule has 2 saturated carbocycles. The molecule has 8 heterocycles. The van der Waals surface area contributed by atoms with Crippen LogP contribution in [0.1, 0.15) is 97.9 Å². The number of rotatable bonds is 8. The van der Waals surface area contributed by atoms with Gasteiger partial charge in [0.05, 0.1) is 59.7 Å². The number of aromatic nitrogens is 6. The molecule has 0 bridgehead atoms. The van der Waals surface area contributed by atoms with Gasteiger partial charge in [-0.2, -0.15) is 0 Å². The highest BCUT2D eigenvalue weighted by molar-refractivity contribution is 5.93. The average molecular weight is 833 g/mol. The largest absolute Gasteiger partial charge is 0.387 e. The minimum absolute atomic E-state index is 0.187. The summed E-state index contributed by atoms with van der Waals surface area (Å²) in [7, 11) is 0. The summed E-state index contributed by atoms with van der Waals surface area (Å²) < 4.78 is 32.5. The van der Waals surface area contributed by atoms with Crippen LogP contribution < -0.4 is 9.80 Å². The number of piperidine rings is 2. The van der Waals surface area contributed by atoms with Crippen molar-refractivity contribution in [1.29, 1.82) is 0 Å². The Labute approximate surface area is 358 Å². The lowest BCUT2D eigenvalue weighted by Crippen LogP contribution is -2.36. The van der Waals surface area contributed by atoms with Gasteiger partial charge in [0.15, 0.2) is 0 Å². The molecule has 2 atom stereocenters. The zero-order valence-corrected chi connectivity index (χ0v) is 34.6. The molecular weight excluding hydrogens is 783 g/mol. The molecule has 0 radical (unpaired) electrons. The smallest absolute Gasteiger partial charge is 0.149 e. The van der Waals surface area contributed by atoms with E-state index in [-0.39, 0.29) is 23.5 Å². The highest BCUT2D eigenvalue weighted by Gasteiger charge is 2.36. The Balaban J connectivity index is 0.000000139. The van der Waals surface area contributed by atoms with Crippen molar-refractivity contribution in [3.8, 4) is 0 Å². The van der Waals surface area contributed by atoms with Crippen LogP contribution in [-0.2, 0) is 0 Å². The van der Waals surface area contributed by atoms with Gasteiger partial charge in [-0.3, -0.25) is 9.97 Å². The number of hydrogen-bond donors (Lipinski definition) is 2. The molecule has 12 heteroatoms. The summed E-state index contributed by atoms with van der Waals surface area (Å²) in [6, 6.07) is 22.9. The molecule has 0 unspecified atom stereocenters. The van der Waals surface area contributed by atoms with E-state index in [1.54, 1.807) is 12.4 Å². The van der Waals surface area contributed by atoms with E-state index in [9.17, 15) is 19.0 Å². The number of imidazole rings is 2. The lowest BCUT2D eigenvalue weighted by Gasteiger charge is -2.36. The Morgan fingerprint density at radius 2 is 0.935 bits per heavy atom. The van der Waals surface area contributed by atoms with Crippen LogP contribution in [0.15, 0.2) is 110 Å². The van der Waals surface area contributed by atoms with Crippen molar-refractivity contribution in [3.05, 3.63) is 144 Å². The lowest BCUT2D eigenvalue weighted by molar-refractivity contribution is 0.0870. The summed E-state index contributed by atoms with van der Waals surface area (Å²) in [6.45, 7) is 3.32. The fourth-order valence-electron chi connectivity index (χ4n) is 10.3. The normalized spacial score (nSPS) is 18.7. The van der Waals surface area contributed by atoms with E-state index in [1.165, 1.54) is 48.9 Å². The van der Waals surface area contributed by atoms with Gasteiger partial charge in [-0.1, -0.05) is 12.1 Å². The Kier molecular flexibility index (Phi) is 10.1. The van der Waals surface area contributed by atoms with Gasteiger partial charge >= 0.3 is 0 Å². The molecular formula is C50H50F2N8O2. The van der Waals surface area contributed by atoms with E-state index in [1.807, 2.05) is 61.4 Å². The summed E-state index contributed by atoms with van der Waals surface area (Å²) >= 11 is 0. The quantitative estimate of drug-likeness (QED) is 0.156. The molecule has 2 aromatic carbocycles. The first-order valence-corrected chi connectivity index (χ1v) is 22.2. The third-order valence-electron chi connectivity index (χ3n) is 14.0. The summed E-state index contributed by atoms with van der Waals surface area (Å²) in [6.07, 6.45) is 17.9. The number of hydrogen-bond acceptors (Lipinski definition) is 8. The molecule has 2 N–H and O–H groups in total. The predicted molar refractivity (Wildman–Crippen MR) is 238 cm³/mol. The molecule has 2 aliphatic heterocycles. The van der Waals surface area contributed by atoms with Gasteiger partial charge in [0.25, 0.3) is 0 Å². The topological polar surface area (TPSA) is 107 Å². The molecule has 2 saturated heterocycles. The second-order valence-electron chi connectivity index (χ2n) is 17.7. The van der Waals surface area contributed by atoms with Gasteiger partial charge in [-0.15, -0.1) is 0 Å². The van der Waals surface area contributed by atoms with E-state index >= 15 is 0 Å². The fraction of sp³-hybridized carbons (Fsp3) is 0.360. The Morgan fingerprint density at radius 3 is 1.34 bits per heavy atom. The van der Waals surface area contributed by atoms with E-state index in [4.69, 9.17) is 0 Å².